The summed E-state index contributed by atoms with van der Waals surface area (Å²) in [6.45, 7) is 7.22. The number of amides is 1. The highest BCUT2D eigenvalue weighted by Crippen LogP contribution is 2.35. The first kappa shape index (κ1) is 24.2. The molecule has 12 heteroatoms. The van der Waals surface area contributed by atoms with Gasteiger partial charge in [-0.1, -0.05) is 6.92 Å². The molecule has 2 atom stereocenters. The van der Waals surface area contributed by atoms with Gasteiger partial charge in [0.25, 0.3) is 5.91 Å². The number of primary amides is 1. The van der Waals surface area contributed by atoms with Crippen molar-refractivity contribution >= 4 is 23.2 Å². The van der Waals surface area contributed by atoms with Gasteiger partial charge in [0, 0.05) is 55.0 Å². The van der Waals surface area contributed by atoms with Crippen LogP contribution < -0.4 is 16.0 Å². The van der Waals surface area contributed by atoms with Crippen LogP contribution in [0.3, 0.4) is 0 Å². The smallest absolute Gasteiger partial charge is 0.251 e. The molecule has 0 aromatic carbocycles. The van der Waals surface area contributed by atoms with Crippen molar-refractivity contribution in [3.05, 3.63) is 54.2 Å². The lowest BCUT2D eigenvalue weighted by Gasteiger charge is -2.19. The summed E-state index contributed by atoms with van der Waals surface area (Å²) in [5.74, 6) is 0.965. The topological polar surface area (TPSA) is 163 Å². The molecule has 1 saturated heterocycles. The summed E-state index contributed by atoms with van der Waals surface area (Å²) in [5, 5.41) is 32.1. The third kappa shape index (κ3) is 4.81. The van der Waals surface area contributed by atoms with Crippen LogP contribution in [0.1, 0.15) is 36.7 Å². The van der Waals surface area contributed by atoms with Gasteiger partial charge in [0.05, 0.1) is 29.5 Å². The number of nitrogens with one attached hydrogen (secondary N) is 1. The number of hydrogen-bond donors (Lipinski definition) is 3. The van der Waals surface area contributed by atoms with Gasteiger partial charge >= 0.3 is 0 Å². The summed E-state index contributed by atoms with van der Waals surface area (Å²) in [5.41, 5.74) is 7.09. The Balaban J connectivity index is 1.53. The first-order valence-corrected chi connectivity index (χ1v) is 11.9. The van der Waals surface area contributed by atoms with Crippen LogP contribution in [0.25, 0.3) is 16.8 Å². The van der Waals surface area contributed by atoms with E-state index in [1.807, 2.05) is 6.07 Å². The predicted molar refractivity (Wildman–Crippen MR) is 137 cm³/mol. The molecule has 4 N–H and O–H groups in total. The van der Waals surface area contributed by atoms with E-state index in [0.29, 0.717) is 34.7 Å². The second-order valence-electron chi connectivity index (χ2n) is 10.0. The number of carbonyl (C=O) groups is 1. The number of nitrogens with zero attached hydrogens (tertiary/aromatic N) is 8. The van der Waals surface area contributed by atoms with Gasteiger partial charge in [-0.2, -0.15) is 15.5 Å². The first-order valence-electron chi connectivity index (χ1n) is 11.9. The molecule has 12 nitrogen and oxygen atoms in total. The fourth-order valence-electron chi connectivity index (χ4n) is 4.67. The Kier molecular flexibility index (Phi) is 6.01. The van der Waals surface area contributed by atoms with E-state index in [-0.39, 0.29) is 24.1 Å². The minimum Gasteiger partial charge on any atom is -0.389 e. The molecule has 5 rings (SSSR count). The van der Waals surface area contributed by atoms with Crippen molar-refractivity contribution in [2.24, 2.45) is 11.7 Å². The number of aromatic nitrogens is 6. The molecule has 1 aliphatic rings. The lowest BCUT2D eigenvalue weighted by molar-refractivity contribution is 0.0578. The van der Waals surface area contributed by atoms with Crippen LogP contribution in [0.4, 0.5) is 11.6 Å². The van der Waals surface area contributed by atoms with E-state index in [1.165, 1.54) is 6.20 Å². The summed E-state index contributed by atoms with van der Waals surface area (Å²) in [4.78, 5) is 23.4. The second-order valence-corrected chi connectivity index (χ2v) is 10.0. The molecule has 4 aromatic rings. The number of nitriles is 1. The molecule has 4 aromatic heterocycles. The van der Waals surface area contributed by atoms with Crippen LogP contribution >= 0.6 is 0 Å². The van der Waals surface area contributed by atoms with E-state index in [0.717, 1.165) is 12.4 Å². The summed E-state index contributed by atoms with van der Waals surface area (Å²) < 4.78 is 3.23. The zero-order valence-corrected chi connectivity index (χ0v) is 20.8. The number of anilines is 2. The number of rotatable bonds is 7. The Bertz CT molecular complexity index is 1490. The molecule has 1 aliphatic heterocycles. The Labute approximate surface area is 213 Å². The summed E-state index contributed by atoms with van der Waals surface area (Å²) in [6, 6.07) is 5.71. The molecule has 0 unspecified atom stereocenters. The number of pyridine rings is 1. The van der Waals surface area contributed by atoms with Crippen molar-refractivity contribution < 1.29 is 9.90 Å². The highest BCUT2D eigenvalue weighted by Gasteiger charge is 2.32. The third-order valence-corrected chi connectivity index (χ3v) is 6.41. The standard InChI is InChI=1S/C25H28N10O2/c1-15-11-33(20-5-4-16(8-26)9-29-20)13-19(15)31-23-18(12-34(32-23)14-25(2,3)37)21-17(22(27)36)10-30-35-7-6-28-24(21)35/h4-7,9-10,12,15,19,37H,11,13-14H2,1-3H3,(H2,27,36)(H,31,32)/t15-,19+/m0/s1. The quantitative estimate of drug-likeness (QED) is 0.342. The second kappa shape index (κ2) is 9.18. The molecule has 0 radical (unpaired) electrons. The number of nitrogens with two attached hydrogens (primary N) is 1. The number of fused-ring (bicyclic) bond motifs is 1. The van der Waals surface area contributed by atoms with Crippen molar-refractivity contribution in [3.63, 3.8) is 0 Å². The molecule has 0 aliphatic carbocycles. The fraction of sp³-hybridized carbons (Fsp3) is 0.360. The summed E-state index contributed by atoms with van der Waals surface area (Å²) >= 11 is 0. The van der Waals surface area contributed by atoms with E-state index in [1.54, 1.807) is 53.9 Å². The van der Waals surface area contributed by atoms with Gasteiger partial charge in [0.15, 0.2) is 11.5 Å². The lowest BCUT2D eigenvalue weighted by Crippen LogP contribution is -2.29. The molecule has 0 spiro atoms. The van der Waals surface area contributed by atoms with E-state index in [9.17, 15) is 9.90 Å². The van der Waals surface area contributed by atoms with Crippen molar-refractivity contribution in [2.45, 2.75) is 39.0 Å². The zero-order chi connectivity index (χ0) is 26.3. The highest BCUT2D eigenvalue weighted by atomic mass is 16.3. The van der Waals surface area contributed by atoms with Crippen LogP contribution in [-0.2, 0) is 6.54 Å². The molecule has 5 heterocycles. The van der Waals surface area contributed by atoms with Gasteiger partial charge in [-0.25, -0.2) is 14.5 Å². The van der Waals surface area contributed by atoms with E-state index >= 15 is 0 Å². The van der Waals surface area contributed by atoms with Crippen molar-refractivity contribution in [3.8, 4) is 17.2 Å². The van der Waals surface area contributed by atoms with E-state index < -0.39 is 11.5 Å². The minimum absolute atomic E-state index is 0.0105. The molecular weight excluding hydrogens is 472 g/mol. The van der Waals surface area contributed by atoms with Gasteiger partial charge in [-0.3, -0.25) is 9.48 Å². The number of carbonyl (C=O) groups excluding carboxylic acids is 1. The molecule has 37 heavy (non-hydrogen) atoms. The third-order valence-electron chi connectivity index (χ3n) is 6.41. The Morgan fingerprint density at radius 3 is 2.78 bits per heavy atom. The normalized spacial score (nSPS) is 17.8. The highest BCUT2D eigenvalue weighted by molar-refractivity contribution is 6.04. The first-order chi connectivity index (χ1) is 17.6. The molecule has 1 amide bonds. The van der Waals surface area contributed by atoms with E-state index in [4.69, 9.17) is 16.1 Å². The number of imidazole rings is 1. The Morgan fingerprint density at radius 1 is 1.30 bits per heavy atom. The van der Waals surface area contributed by atoms with Crippen molar-refractivity contribution in [1.29, 1.82) is 5.26 Å². The largest absolute Gasteiger partial charge is 0.389 e. The SMILES string of the molecule is C[C@H]1CN(c2ccc(C#N)cn2)C[C@H]1Nc1nn(CC(C)(C)O)cc1-c1c(C(N)=O)cnn2ccnc12. The fourth-order valence-corrected chi connectivity index (χ4v) is 4.67. The van der Waals surface area contributed by atoms with Crippen molar-refractivity contribution in [1.82, 2.24) is 29.4 Å². The maximum Gasteiger partial charge on any atom is 0.251 e. The summed E-state index contributed by atoms with van der Waals surface area (Å²) in [6.07, 6.45) is 8.09. The van der Waals surface area contributed by atoms with Gasteiger partial charge in [0.1, 0.15) is 11.9 Å². The molecule has 190 valence electrons. The minimum atomic E-state index is -1.01. The maximum absolute atomic E-state index is 12.4. The number of aliphatic hydroxyl groups is 1. The average molecular weight is 501 g/mol. The van der Waals surface area contributed by atoms with Crippen molar-refractivity contribution in [2.75, 3.05) is 23.3 Å². The maximum atomic E-state index is 12.4. The number of hydrogen-bond acceptors (Lipinski definition) is 9. The predicted octanol–water partition coefficient (Wildman–Crippen LogP) is 1.67. The van der Waals surface area contributed by atoms with E-state index in [2.05, 4.69) is 38.3 Å². The van der Waals surface area contributed by atoms with Gasteiger partial charge < -0.3 is 21.1 Å². The van der Waals surface area contributed by atoms with Crippen LogP contribution in [-0.4, -0.2) is 65.1 Å². The lowest BCUT2D eigenvalue weighted by atomic mass is 10.0. The van der Waals surface area contributed by atoms with Gasteiger partial charge in [0.2, 0.25) is 0 Å². The molecule has 0 bridgehead atoms. The average Bonchev–Trinajstić information content (AvgIpc) is 3.56. The zero-order valence-electron chi connectivity index (χ0n) is 20.8. The van der Waals surface area contributed by atoms with Crippen LogP contribution in [0.2, 0.25) is 0 Å². The van der Waals surface area contributed by atoms with Crippen LogP contribution in [0.15, 0.2) is 43.1 Å². The van der Waals surface area contributed by atoms with Crippen LogP contribution in [0, 0.1) is 17.2 Å². The van der Waals surface area contributed by atoms with Crippen LogP contribution in [0.5, 0.6) is 0 Å². The Hall–Kier alpha value is -4.50. The monoisotopic (exact) mass is 500 g/mol. The molecule has 1 fully saturated rings. The Morgan fingerprint density at radius 2 is 2.11 bits per heavy atom. The molecule has 0 saturated carbocycles. The van der Waals surface area contributed by atoms with Gasteiger partial charge in [-0.15, -0.1) is 0 Å². The molecular formula is C25H28N10O2. The van der Waals surface area contributed by atoms with Gasteiger partial charge in [-0.05, 0) is 31.9 Å². The summed E-state index contributed by atoms with van der Waals surface area (Å²) in [7, 11) is 0.